The van der Waals surface area contributed by atoms with Gasteiger partial charge in [-0.2, -0.15) is 0 Å². The predicted octanol–water partition coefficient (Wildman–Crippen LogP) is 0.118. The van der Waals surface area contributed by atoms with Crippen LogP contribution < -0.4 is 0 Å². The smallest absolute Gasteiger partial charge is 0.401 e. The molecule has 45 valence electrons. The molecule has 0 saturated carbocycles. The summed E-state index contributed by atoms with van der Waals surface area (Å²) in [6.07, 6.45) is 2.71. The highest BCUT2D eigenvalue weighted by atomic mass is 16.4. The lowest BCUT2D eigenvalue weighted by Gasteiger charge is -2.00. The molecule has 0 bridgehead atoms. The fraction of sp³-hybridized carbons (Fsp3) is 0. The van der Waals surface area contributed by atoms with Crippen molar-refractivity contribution in [2.45, 2.75) is 0 Å². The van der Waals surface area contributed by atoms with Crippen molar-refractivity contribution in [2.75, 3.05) is 0 Å². The Hall–Kier alpha value is -1.19. The van der Waals surface area contributed by atoms with E-state index in [9.17, 15) is 4.79 Å². The number of carboxylic acids is 1. The molecule has 0 spiro atoms. The van der Waals surface area contributed by atoms with Gasteiger partial charge in [-0.05, 0) is 6.08 Å². The molecule has 4 heteroatoms. The lowest BCUT2D eigenvalue weighted by atomic mass is 9.95. The van der Waals surface area contributed by atoms with E-state index in [1.807, 2.05) is 0 Å². The van der Waals surface area contributed by atoms with Gasteiger partial charge < -0.3 is 9.76 Å². The molecule has 0 aromatic heterocycles. The van der Waals surface area contributed by atoms with E-state index in [0.717, 1.165) is 0 Å². The summed E-state index contributed by atoms with van der Waals surface area (Å²) in [5.74, 6) is 0.452. The Bertz CT molecular complexity index is 183. The average Bonchev–Trinajstić information content (AvgIpc) is 1.90. The summed E-state index contributed by atoms with van der Waals surface area (Å²) in [4.78, 5) is 10.2. The molecule has 0 aromatic rings. The second kappa shape index (κ2) is 2.39. The van der Waals surface area contributed by atoms with Crippen LogP contribution in [-0.2, 0) is 9.45 Å². The Balaban J connectivity index is 2.69. The first-order valence-electron chi connectivity index (χ1n) is 2.39. The van der Waals surface area contributed by atoms with Crippen molar-refractivity contribution in [3.05, 3.63) is 23.9 Å². The van der Waals surface area contributed by atoms with E-state index in [1.165, 1.54) is 25.8 Å². The maximum atomic E-state index is 10.2. The summed E-state index contributed by atoms with van der Waals surface area (Å²) in [5.41, 5.74) is 0.237. The van der Waals surface area contributed by atoms with Crippen LogP contribution in [0.4, 0.5) is 0 Å². The molecule has 0 saturated heterocycles. The van der Waals surface area contributed by atoms with Gasteiger partial charge in [0, 0.05) is 0 Å². The zero-order chi connectivity index (χ0) is 6.69. The Labute approximate surface area is 52.9 Å². The van der Waals surface area contributed by atoms with Crippen molar-refractivity contribution in [1.29, 1.82) is 0 Å². The van der Waals surface area contributed by atoms with Gasteiger partial charge in [0.05, 0.1) is 11.8 Å². The minimum atomic E-state index is -0.939. The van der Waals surface area contributed by atoms with E-state index in [-0.39, 0.29) is 5.57 Å². The SMILES string of the molecule is O=C(O)C1=C[B]OC=C1. The highest BCUT2D eigenvalue weighted by molar-refractivity contribution is 6.36. The minimum absolute atomic E-state index is 0.237. The van der Waals surface area contributed by atoms with Crippen LogP contribution in [0.25, 0.3) is 0 Å². The third-order valence-electron chi connectivity index (χ3n) is 0.899. The van der Waals surface area contributed by atoms with Gasteiger partial charge in [0.1, 0.15) is 0 Å². The van der Waals surface area contributed by atoms with Gasteiger partial charge in [-0.15, -0.1) is 0 Å². The van der Waals surface area contributed by atoms with Crippen molar-refractivity contribution >= 4 is 13.5 Å². The molecule has 1 N–H and O–H groups in total. The van der Waals surface area contributed by atoms with E-state index in [0.29, 0.717) is 0 Å². The average molecular weight is 123 g/mol. The lowest BCUT2D eigenvalue weighted by molar-refractivity contribution is -0.132. The monoisotopic (exact) mass is 123 g/mol. The maximum absolute atomic E-state index is 10.2. The molecule has 1 rings (SSSR count). The molecule has 1 aliphatic heterocycles. The van der Waals surface area contributed by atoms with Gasteiger partial charge in [0.2, 0.25) is 0 Å². The summed E-state index contributed by atoms with van der Waals surface area (Å²) in [6, 6.07) is 0. The van der Waals surface area contributed by atoms with E-state index >= 15 is 0 Å². The van der Waals surface area contributed by atoms with E-state index < -0.39 is 5.97 Å². The highest BCUT2D eigenvalue weighted by Crippen LogP contribution is 2.00. The molecule has 0 unspecified atom stereocenters. The normalized spacial score (nSPS) is 15.3. The van der Waals surface area contributed by atoms with Gasteiger partial charge in [-0.1, -0.05) is 5.98 Å². The van der Waals surface area contributed by atoms with Crippen molar-refractivity contribution in [3.63, 3.8) is 0 Å². The van der Waals surface area contributed by atoms with Crippen LogP contribution in [-0.4, -0.2) is 18.6 Å². The first kappa shape index (κ1) is 5.94. The molecular formula is C5H4BO3. The summed E-state index contributed by atoms with van der Waals surface area (Å²) in [7, 11) is 1.32. The van der Waals surface area contributed by atoms with Gasteiger partial charge in [0.25, 0.3) is 0 Å². The third kappa shape index (κ3) is 1.35. The number of carbonyl (C=O) groups is 1. The highest BCUT2D eigenvalue weighted by Gasteiger charge is 2.05. The molecule has 9 heavy (non-hydrogen) atoms. The van der Waals surface area contributed by atoms with Crippen molar-refractivity contribution in [1.82, 2.24) is 0 Å². The quantitative estimate of drug-likeness (QED) is 0.503. The number of carboxylic acid groups (broad SMARTS) is 1. The molecule has 0 fully saturated rings. The van der Waals surface area contributed by atoms with Crippen LogP contribution in [0, 0.1) is 0 Å². The Morgan fingerprint density at radius 1 is 1.78 bits per heavy atom. The topological polar surface area (TPSA) is 46.5 Å². The van der Waals surface area contributed by atoms with E-state index in [4.69, 9.17) is 5.11 Å². The molecule has 3 nitrogen and oxygen atoms in total. The van der Waals surface area contributed by atoms with Crippen LogP contribution in [0.1, 0.15) is 0 Å². The van der Waals surface area contributed by atoms with Crippen LogP contribution in [0.5, 0.6) is 0 Å². The van der Waals surface area contributed by atoms with E-state index in [1.54, 1.807) is 0 Å². The Morgan fingerprint density at radius 3 is 2.89 bits per heavy atom. The van der Waals surface area contributed by atoms with Crippen LogP contribution >= 0.6 is 0 Å². The van der Waals surface area contributed by atoms with Gasteiger partial charge in [-0.3, -0.25) is 0 Å². The molecule has 0 atom stereocenters. The standard InChI is InChI=1S/C5H4BO3/c7-5(8)4-1-2-9-6-3-4/h1-3H,(H,7,8). The van der Waals surface area contributed by atoms with E-state index in [2.05, 4.69) is 4.65 Å². The largest absolute Gasteiger partial charge is 0.563 e. The molecule has 1 radical (unpaired) electrons. The minimum Gasteiger partial charge on any atom is -0.563 e. The number of rotatable bonds is 1. The summed E-state index contributed by atoms with van der Waals surface area (Å²) < 4.78 is 4.60. The lowest BCUT2D eigenvalue weighted by Crippen LogP contribution is -2.04. The molecule has 0 aliphatic carbocycles. The van der Waals surface area contributed by atoms with Gasteiger partial charge in [-0.25, -0.2) is 4.79 Å². The van der Waals surface area contributed by atoms with Crippen molar-refractivity contribution < 1.29 is 14.6 Å². The first-order chi connectivity index (χ1) is 4.30. The second-order valence-corrected chi connectivity index (χ2v) is 1.50. The molecular weight excluding hydrogens is 119 g/mol. The Kier molecular flexibility index (Phi) is 1.58. The molecule has 0 aromatic carbocycles. The summed E-state index contributed by atoms with van der Waals surface area (Å²) in [6.45, 7) is 0. The zero-order valence-corrected chi connectivity index (χ0v) is 4.57. The molecule has 1 aliphatic rings. The molecule has 1 heterocycles. The van der Waals surface area contributed by atoms with Gasteiger partial charge >= 0.3 is 13.5 Å². The fourth-order valence-electron chi connectivity index (χ4n) is 0.469. The summed E-state index contributed by atoms with van der Waals surface area (Å²) >= 11 is 0. The Morgan fingerprint density at radius 2 is 2.56 bits per heavy atom. The number of hydrogen-bond donors (Lipinski definition) is 1. The number of aliphatic carboxylic acids is 1. The van der Waals surface area contributed by atoms with Crippen LogP contribution in [0.3, 0.4) is 0 Å². The second-order valence-electron chi connectivity index (χ2n) is 1.50. The zero-order valence-electron chi connectivity index (χ0n) is 4.57. The fourth-order valence-corrected chi connectivity index (χ4v) is 0.469. The third-order valence-corrected chi connectivity index (χ3v) is 0.899. The van der Waals surface area contributed by atoms with Crippen molar-refractivity contribution in [2.24, 2.45) is 0 Å². The van der Waals surface area contributed by atoms with Gasteiger partial charge in [0.15, 0.2) is 0 Å². The van der Waals surface area contributed by atoms with Crippen LogP contribution in [0.15, 0.2) is 23.9 Å². The first-order valence-corrected chi connectivity index (χ1v) is 2.39. The molecule has 0 amide bonds. The predicted molar refractivity (Wildman–Crippen MR) is 31.7 cm³/mol. The number of hydrogen-bond acceptors (Lipinski definition) is 2. The van der Waals surface area contributed by atoms with Crippen LogP contribution in [0.2, 0.25) is 0 Å². The van der Waals surface area contributed by atoms with Crippen molar-refractivity contribution in [3.8, 4) is 0 Å². The summed E-state index contributed by atoms with van der Waals surface area (Å²) in [5, 5.41) is 8.34. The maximum Gasteiger partial charge on any atom is 0.401 e.